The van der Waals surface area contributed by atoms with Gasteiger partial charge >= 0.3 is 0 Å². The topological polar surface area (TPSA) is 33.6 Å². The molecule has 0 aliphatic carbocycles. The molecule has 0 spiro atoms. The summed E-state index contributed by atoms with van der Waals surface area (Å²) >= 11 is 0. The normalized spacial score (nSPS) is 11.5. The van der Waals surface area contributed by atoms with Gasteiger partial charge in [0.05, 0.1) is 33.4 Å². The van der Waals surface area contributed by atoms with Gasteiger partial charge in [0, 0.05) is 21.5 Å². The number of hydrogen-bond donors (Lipinski definition) is 0. The summed E-state index contributed by atoms with van der Waals surface area (Å²) in [5, 5.41) is 15.6. The van der Waals surface area contributed by atoms with Crippen LogP contribution >= 0.6 is 0 Å². The molecule has 0 bridgehead atoms. The van der Waals surface area contributed by atoms with Crippen LogP contribution in [0.1, 0.15) is 5.56 Å². The molecule has 0 aliphatic rings. The number of aromatic nitrogens is 2. The van der Waals surface area contributed by atoms with Crippen molar-refractivity contribution in [3.8, 4) is 28.6 Å². The zero-order valence-electron chi connectivity index (χ0n) is 21.6. The number of fused-ring (bicyclic) bond motifs is 6. The van der Waals surface area contributed by atoms with Crippen LogP contribution in [-0.4, -0.2) is 9.13 Å². The largest absolute Gasteiger partial charge is 0.308 e. The highest BCUT2D eigenvalue weighted by atomic mass is 15.0. The molecule has 0 amide bonds. The third-order valence-corrected chi connectivity index (χ3v) is 7.96. The molecular weight excluding hydrogens is 486 g/mol. The maximum atomic E-state index is 10.9. The van der Waals surface area contributed by atoms with Gasteiger partial charge in [-0.25, -0.2) is 0 Å². The lowest BCUT2D eigenvalue weighted by atomic mass is 10.00. The predicted octanol–water partition coefficient (Wildman–Crippen LogP) is 9.42. The van der Waals surface area contributed by atoms with Gasteiger partial charge in [-0.15, -0.1) is 0 Å². The van der Waals surface area contributed by atoms with Crippen LogP contribution in [-0.2, 0) is 0 Å². The van der Waals surface area contributed by atoms with Gasteiger partial charge in [0.2, 0.25) is 0 Å². The van der Waals surface area contributed by atoms with Crippen LogP contribution in [0.15, 0.2) is 140 Å². The first kappa shape index (κ1) is 22.4. The fourth-order valence-electron chi connectivity index (χ4n) is 6.24. The van der Waals surface area contributed by atoms with E-state index in [9.17, 15) is 5.26 Å². The van der Waals surface area contributed by atoms with Crippen molar-refractivity contribution in [3.63, 3.8) is 0 Å². The molecule has 0 N–H and O–H groups in total. The molecule has 0 radical (unpaired) electrons. The van der Waals surface area contributed by atoms with Crippen molar-refractivity contribution in [2.75, 3.05) is 0 Å². The van der Waals surface area contributed by atoms with E-state index >= 15 is 0 Å². The molecule has 0 saturated carbocycles. The molecule has 0 unspecified atom stereocenters. The fraction of sp³-hybridized carbons (Fsp3) is 0. The maximum absolute atomic E-state index is 10.9. The molecule has 0 fully saturated rings. The van der Waals surface area contributed by atoms with Crippen LogP contribution in [0.2, 0.25) is 0 Å². The van der Waals surface area contributed by atoms with Crippen molar-refractivity contribution in [2.24, 2.45) is 0 Å². The van der Waals surface area contributed by atoms with Crippen LogP contribution in [0.5, 0.6) is 0 Å². The van der Waals surface area contributed by atoms with Crippen LogP contribution < -0.4 is 0 Å². The Morgan fingerprint density at radius 2 is 0.750 bits per heavy atom. The summed E-state index contributed by atoms with van der Waals surface area (Å²) < 4.78 is 4.51. The Morgan fingerprint density at radius 3 is 1.12 bits per heavy atom. The predicted molar refractivity (Wildman–Crippen MR) is 165 cm³/mol. The number of nitriles is 1. The van der Waals surface area contributed by atoms with E-state index < -0.39 is 0 Å². The van der Waals surface area contributed by atoms with Gasteiger partial charge in [-0.05, 0) is 47.5 Å². The lowest BCUT2D eigenvalue weighted by molar-refractivity contribution is 1.12. The van der Waals surface area contributed by atoms with E-state index in [4.69, 9.17) is 0 Å². The smallest absolute Gasteiger partial charge is 0.104 e. The van der Waals surface area contributed by atoms with Crippen molar-refractivity contribution in [3.05, 3.63) is 145 Å². The van der Waals surface area contributed by atoms with E-state index in [0.717, 1.165) is 44.6 Å². The van der Waals surface area contributed by atoms with Crippen LogP contribution in [0, 0.1) is 11.3 Å². The third kappa shape index (κ3) is 3.17. The van der Waals surface area contributed by atoms with Crippen molar-refractivity contribution in [1.82, 2.24) is 9.13 Å². The number of nitrogens with zero attached hydrogens (tertiary/aromatic N) is 3. The van der Waals surface area contributed by atoms with Gasteiger partial charge in [-0.2, -0.15) is 5.26 Å². The van der Waals surface area contributed by atoms with E-state index in [2.05, 4.69) is 149 Å². The number of rotatable bonds is 3. The highest BCUT2D eigenvalue weighted by Gasteiger charge is 2.22. The Kier molecular flexibility index (Phi) is 4.89. The van der Waals surface area contributed by atoms with Crippen molar-refractivity contribution >= 4 is 43.6 Å². The standard InChI is InChI=1S/C37H23N3/c38-24-31-36(39-32-18-8-4-14-27(32)28-15-5-9-19-33(28)39)22-26(25-12-2-1-3-13-25)23-37(31)40-34-20-10-6-16-29(34)30-17-7-11-21-35(30)40/h1-23H. The van der Waals surface area contributed by atoms with E-state index in [-0.39, 0.29) is 0 Å². The lowest BCUT2D eigenvalue weighted by Crippen LogP contribution is -2.05. The second kappa shape index (κ2) is 8.73. The minimum atomic E-state index is 0.637. The van der Waals surface area contributed by atoms with E-state index in [1.165, 1.54) is 21.5 Å². The zero-order valence-corrected chi connectivity index (χ0v) is 21.6. The minimum Gasteiger partial charge on any atom is -0.308 e. The molecule has 2 aromatic heterocycles. The number of benzene rings is 6. The summed E-state index contributed by atoms with van der Waals surface area (Å²) in [6.07, 6.45) is 0. The summed E-state index contributed by atoms with van der Waals surface area (Å²) in [4.78, 5) is 0. The van der Waals surface area contributed by atoms with Crippen LogP contribution in [0.3, 0.4) is 0 Å². The fourth-order valence-corrected chi connectivity index (χ4v) is 6.24. The highest BCUT2D eigenvalue weighted by Crippen LogP contribution is 2.39. The monoisotopic (exact) mass is 509 g/mol. The molecule has 2 heterocycles. The molecule has 8 aromatic rings. The molecule has 186 valence electrons. The summed E-state index contributed by atoms with van der Waals surface area (Å²) in [5.74, 6) is 0. The van der Waals surface area contributed by atoms with Crippen LogP contribution in [0.25, 0.3) is 66.1 Å². The summed E-state index contributed by atoms with van der Waals surface area (Å²) in [6.45, 7) is 0. The molecule has 0 atom stereocenters. The summed E-state index contributed by atoms with van der Waals surface area (Å²) in [6, 6.07) is 51.2. The third-order valence-electron chi connectivity index (χ3n) is 7.96. The van der Waals surface area contributed by atoms with Gasteiger partial charge in [-0.3, -0.25) is 0 Å². The Bertz CT molecular complexity index is 2040. The highest BCUT2D eigenvalue weighted by molar-refractivity contribution is 6.11. The SMILES string of the molecule is N#Cc1c(-n2c3ccccc3c3ccccc32)cc(-c2ccccc2)cc1-n1c2ccccc2c2ccccc21. The first-order valence-electron chi connectivity index (χ1n) is 13.4. The molecule has 40 heavy (non-hydrogen) atoms. The Hall–Kier alpha value is -5.59. The van der Waals surface area contributed by atoms with Gasteiger partial charge in [0.1, 0.15) is 11.6 Å². The van der Waals surface area contributed by atoms with Gasteiger partial charge in [0.25, 0.3) is 0 Å². The van der Waals surface area contributed by atoms with Crippen molar-refractivity contribution < 1.29 is 0 Å². The first-order chi connectivity index (χ1) is 19.8. The first-order valence-corrected chi connectivity index (χ1v) is 13.4. The minimum absolute atomic E-state index is 0.637. The van der Waals surface area contributed by atoms with Crippen LogP contribution in [0.4, 0.5) is 0 Å². The zero-order chi connectivity index (χ0) is 26.6. The lowest BCUT2D eigenvalue weighted by Gasteiger charge is -2.18. The quantitative estimate of drug-likeness (QED) is 0.233. The van der Waals surface area contributed by atoms with E-state index in [0.29, 0.717) is 5.56 Å². The molecule has 8 rings (SSSR count). The Labute approximate surface area is 231 Å². The Balaban J connectivity index is 1.57. The second-order valence-corrected chi connectivity index (χ2v) is 10.1. The maximum Gasteiger partial charge on any atom is 0.104 e. The van der Waals surface area contributed by atoms with Gasteiger partial charge in [0.15, 0.2) is 0 Å². The summed E-state index contributed by atoms with van der Waals surface area (Å²) in [5.41, 5.74) is 8.88. The van der Waals surface area contributed by atoms with Gasteiger partial charge < -0.3 is 9.13 Å². The van der Waals surface area contributed by atoms with E-state index in [1.54, 1.807) is 0 Å². The van der Waals surface area contributed by atoms with Crippen molar-refractivity contribution in [2.45, 2.75) is 0 Å². The second-order valence-electron chi connectivity index (χ2n) is 10.1. The van der Waals surface area contributed by atoms with Crippen molar-refractivity contribution in [1.29, 1.82) is 5.26 Å². The molecule has 0 saturated heterocycles. The molecule has 3 heteroatoms. The molecule has 3 nitrogen and oxygen atoms in total. The Morgan fingerprint density at radius 1 is 0.400 bits per heavy atom. The average molecular weight is 510 g/mol. The van der Waals surface area contributed by atoms with E-state index in [1.807, 2.05) is 6.07 Å². The number of hydrogen-bond acceptors (Lipinski definition) is 1. The molecule has 0 aliphatic heterocycles. The average Bonchev–Trinajstić information content (AvgIpc) is 3.54. The molecule has 6 aromatic carbocycles. The number of para-hydroxylation sites is 4. The van der Waals surface area contributed by atoms with Gasteiger partial charge in [-0.1, -0.05) is 103 Å². The molecular formula is C37H23N3. The summed E-state index contributed by atoms with van der Waals surface area (Å²) in [7, 11) is 0.